The molecule has 2 aromatic rings. The van der Waals surface area contributed by atoms with Crippen molar-refractivity contribution in [3.63, 3.8) is 0 Å². The molecule has 0 atom stereocenters. The zero-order chi connectivity index (χ0) is 12.3. The summed E-state index contributed by atoms with van der Waals surface area (Å²) in [6, 6.07) is 15.0. The van der Waals surface area contributed by atoms with Crippen LogP contribution in [0.5, 0.6) is 0 Å². The first-order valence-electron chi connectivity index (χ1n) is 5.01. The summed E-state index contributed by atoms with van der Waals surface area (Å²) in [5.74, 6) is 5.44. The van der Waals surface area contributed by atoms with Crippen LogP contribution < -0.4 is 5.84 Å². The molecule has 2 aromatic carbocycles. The Bertz CT molecular complexity index is 551. The lowest BCUT2D eigenvalue weighted by molar-refractivity contribution is 1.24. The summed E-state index contributed by atoms with van der Waals surface area (Å²) in [5.41, 5.74) is 2.46. The highest BCUT2D eigenvalue weighted by atomic mass is 35.5. The maximum absolute atomic E-state index is 5.97. The van der Waals surface area contributed by atoms with Crippen molar-refractivity contribution in [1.29, 1.82) is 0 Å². The van der Waals surface area contributed by atoms with E-state index in [1.807, 2.05) is 36.4 Å². The Labute approximate surface area is 110 Å². The van der Waals surface area contributed by atoms with Gasteiger partial charge >= 0.3 is 0 Å². The standard InChI is InChI=1S/C13H10Cl2N2/c14-11-7-6-10(8-12(11)15)13(17-16)9-4-2-1-3-5-9/h1-8H,16H2. The number of hydrogen-bond donors (Lipinski definition) is 1. The fourth-order valence-electron chi connectivity index (χ4n) is 1.56. The number of rotatable bonds is 2. The third-order valence-electron chi connectivity index (χ3n) is 2.37. The van der Waals surface area contributed by atoms with Gasteiger partial charge in [0.1, 0.15) is 0 Å². The molecule has 0 amide bonds. The number of hydrazone groups is 1. The van der Waals surface area contributed by atoms with Crippen molar-refractivity contribution in [2.24, 2.45) is 10.9 Å². The van der Waals surface area contributed by atoms with E-state index >= 15 is 0 Å². The molecule has 0 saturated carbocycles. The Hall–Kier alpha value is -1.51. The second-order valence-corrected chi connectivity index (χ2v) is 4.29. The normalized spacial score (nSPS) is 11.5. The van der Waals surface area contributed by atoms with Crippen molar-refractivity contribution in [2.45, 2.75) is 0 Å². The Morgan fingerprint density at radius 3 is 2.18 bits per heavy atom. The first-order valence-corrected chi connectivity index (χ1v) is 5.76. The van der Waals surface area contributed by atoms with Gasteiger partial charge in [0.15, 0.2) is 0 Å². The van der Waals surface area contributed by atoms with Crippen LogP contribution in [0, 0.1) is 0 Å². The molecule has 0 aromatic heterocycles. The average molecular weight is 265 g/mol. The van der Waals surface area contributed by atoms with E-state index in [0.717, 1.165) is 11.1 Å². The van der Waals surface area contributed by atoms with Gasteiger partial charge in [-0.1, -0.05) is 59.6 Å². The molecule has 0 aliphatic heterocycles. The van der Waals surface area contributed by atoms with E-state index in [4.69, 9.17) is 29.0 Å². The number of nitrogens with zero attached hydrogens (tertiary/aromatic N) is 1. The maximum Gasteiger partial charge on any atom is 0.0971 e. The number of hydrogen-bond acceptors (Lipinski definition) is 2. The van der Waals surface area contributed by atoms with Crippen molar-refractivity contribution in [1.82, 2.24) is 0 Å². The fraction of sp³-hybridized carbons (Fsp3) is 0. The van der Waals surface area contributed by atoms with Gasteiger partial charge in [-0.05, 0) is 12.1 Å². The fourth-order valence-corrected chi connectivity index (χ4v) is 1.85. The Kier molecular flexibility index (Phi) is 3.67. The molecular weight excluding hydrogens is 255 g/mol. The molecule has 0 bridgehead atoms. The van der Waals surface area contributed by atoms with Crippen LogP contribution in [0.3, 0.4) is 0 Å². The van der Waals surface area contributed by atoms with Gasteiger partial charge in [-0.15, -0.1) is 0 Å². The van der Waals surface area contributed by atoms with E-state index in [0.29, 0.717) is 15.8 Å². The van der Waals surface area contributed by atoms with Crippen LogP contribution in [0.2, 0.25) is 10.0 Å². The third-order valence-corrected chi connectivity index (χ3v) is 3.11. The van der Waals surface area contributed by atoms with Crippen LogP contribution in [-0.4, -0.2) is 5.71 Å². The van der Waals surface area contributed by atoms with Crippen LogP contribution >= 0.6 is 23.2 Å². The van der Waals surface area contributed by atoms with E-state index < -0.39 is 0 Å². The molecule has 86 valence electrons. The minimum Gasteiger partial charge on any atom is -0.323 e. The van der Waals surface area contributed by atoms with Gasteiger partial charge < -0.3 is 5.84 Å². The molecule has 17 heavy (non-hydrogen) atoms. The third kappa shape index (κ3) is 2.60. The molecule has 0 aliphatic rings. The van der Waals surface area contributed by atoms with E-state index in [1.54, 1.807) is 12.1 Å². The smallest absolute Gasteiger partial charge is 0.0971 e. The molecule has 0 fully saturated rings. The van der Waals surface area contributed by atoms with Gasteiger partial charge in [0.2, 0.25) is 0 Å². The van der Waals surface area contributed by atoms with Crippen LogP contribution in [0.15, 0.2) is 53.6 Å². The molecule has 2 nitrogen and oxygen atoms in total. The highest BCUT2D eigenvalue weighted by molar-refractivity contribution is 6.42. The lowest BCUT2D eigenvalue weighted by Crippen LogP contribution is -2.06. The quantitative estimate of drug-likeness (QED) is 0.501. The van der Waals surface area contributed by atoms with E-state index in [2.05, 4.69) is 5.10 Å². The second kappa shape index (κ2) is 5.21. The molecule has 0 heterocycles. The lowest BCUT2D eigenvalue weighted by atomic mass is 10.0. The average Bonchev–Trinajstić information content (AvgIpc) is 2.36. The van der Waals surface area contributed by atoms with E-state index in [1.165, 1.54) is 0 Å². The zero-order valence-corrected chi connectivity index (χ0v) is 10.4. The summed E-state index contributed by atoms with van der Waals surface area (Å²) in [6.45, 7) is 0. The summed E-state index contributed by atoms with van der Waals surface area (Å²) >= 11 is 11.8. The van der Waals surface area contributed by atoms with Crippen LogP contribution in [-0.2, 0) is 0 Å². The molecule has 4 heteroatoms. The highest BCUT2D eigenvalue weighted by Gasteiger charge is 2.08. The Balaban J connectivity index is 2.47. The largest absolute Gasteiger partial charge is 0.323 e. The van der Waals surface area contributed by atoms with E-state index in [9.17, 15) is 0 Å². The molecule has 0 saturated heterocycles. The molecule has 0 unspecified atom stereocenters. The van der Waals surface area contributed by atoms with Gasteiger partial charge in [0, 0.05) is 11.1 Å². The minimum atomic E-state index is 0.487. The van der Waals surface area contributed by atoms with Crippen LogP contribution in [0.4, 0.5) is 0 Å². The topological polar surface area (TPSA) is 38.4 Å². The van der Waals surface area contributed by atoms with Crippen molar-refractivity contribution < 1.29 is 0 Å². The summed E-state index contributed by atoms with van der Waals surface area (Å²) < 4.78 is 0. The minimum absolute atomic E-state index is 0.487. The maximum atomic E-state index is 5.97. The summed E-state index contributed by atoms with van der Waals surface area (Å²) in [4.78, 5) is 0. The first kappa shape index (κ1) is 12.0. The van der Waals surface area contributed by atoms with Gasteiger partial charge in [-0.2, -0.15) is 5.10 Å². The van der Waals surface area contributed by atoms with Gasteiger partial charge in [0.05, 0.1) is 15.8 Å². The summed E-state index contributed by atoms with van der Waals surface area (Å²) in [7, 11) is 0. The van der Waals surface area contributed by atoms with Crippen molar-refractivity contribution >= 4 is 28.9 Å². The summed E-state index contributed by atoms with van der Waals surface area (Å²) in [5, 5.41) is 4.82. The second-order valence-electron chi connectivity index (χ2n) is 3.47. The molecular formula is C13H10Cl2N2. The first-order chi connectivity index (χ1) is 8.22. The van der Waals surface area contributed by atoms with Crippen molar-refractivity contribution in [3.8, 4) is 0 Å². The highest BCUT2D eigenvalue weighted by Crippen LogP contribution is 2.24. The Morgan fingerprint density at radius 2 is 1.59 bits per heavy atom. The SMILES string of the molecule is NN=C(c1ccccc1)c1ccc(Cl)c(Cl)c1. The van der Waals surface area contributed by atoms with E-state index in [-0.39, 0.29) is 0 Å². The molecule has 0 radical (unpaired) electrons. The predicted molar refractivity (Wildman–Crippen MR) is 72.7 cm³/mol. The zero-order valence-electron chi connectivity index (χ0n) is 8.90. The predicted octanol–water partition coefficient (Wildman–Crippen LogP) is 3.70. The molecule has 2 N–H and O–H groups in total. The number of halogens is 2. The lowest BCUT2D eigenvalue weighted by Gasteiger charge is -2.06. The van der Waals surface area contributed by atoms with Crippen LogP contribution in [0.25, 0.3) is 0 Å². The van der Waals surface area contributed by atoms with Gasteiger partial charge in [0.25, 0.3) is 0 Å². The monoisotopic (exact) mass is 264 g/mol. The van der Waals surface area contributed by atoms with Crippen molar-refractivity contribution in [2.75, 3.05) is 0 Å². The molecule has 0 spiro atoms. The Morgan fingerprint density at radius 1 is 0.882 bits per heavy atom. The van der Waals surface area contributed by atoms with Gasteiger partial charge in [-0.25, -0.2) is 0 Å². The van der Waals surface area contributed by atoms with Crippen molar-refractivity contribution in [3.05, 3.63) is 69.7 Å². The number of benzene rings is 2. The number of nitrogens with two attached hydrogens (primary N) is 1. The summed E-state index contributed by atoms with van der Waals surface area (Å²) in [6.07, 6.45) is 0. The molecule has 0 aliphatic carbocycles. The van der Waals surface area contributed by atoms with Gasteiger partial charge in [-0.3, -0.25) is 0 Å². The van der Waals surface area contributed by atoms with Crippen LogP contribution in [0.1, 0.15) is 11.1 Å². The molecule has 2 rings (SSSR count).